The van der Waals surface area contributed by atoms with Gasteiger partial charge in [-0.25, -0.2) is 4.98 Å². The highest BCUT2D eigenvalue weighted by atomic mass is 16.6. The summed E-state index contributed by atoms with van der Waals surface area (Å²) in [5.41, 5.74) is 5.81. The summed E-state index contributed by atoms with van der Waals surface area (Å²) in [6.07, 6.45) is 5.08. The summed E-state index contributed by atoms with van der Waals surface area (Å²) in [4.78, 5) is 32.7. The molecule has 0 bridgehead atoms. The van der Waals surface area contributed by atoms with Crippen LogP contribution in [0, 0.1) is 10.1 Å². The van der Waals surface area contributed by atoms with Gasteiger partial charge in [0.05, 0.1) is 16.3 Å². The maximum atomic E-state index is 12.7. The monoisotopic (exact) mass is 491 g/mol. The zero-order valence-corrected chi connectivity index (χ0v) is 20.1. The third-order valence-corrected chi connectivity index (χ3v) is 6.17. The quantitative estimate of drug-likeness (QED) is 0.224. The van der Waals surface area contributed by atoms with Gasteiger partial charge in [0.1, 0.15) is 5.65 Å². The Kier molecular flexibility index (Phi) is 6.98. The predicted molar refractivity (Wildman–Crippen MR) is 142 cm³/mol. The second-order valence-corrected chi connectivity index (χ2v) is 8.65. The van der Waals surface area contributed by atoms with Crippen molar-refractivity contribution in [2.24, 2.45) is 0 Å². The van der Waals surface area contributed by atoms with Gasteiger partial charge in [0, 0.05) is 55.2 Å². The number of nitrogens with one attached hydrogen (secondary N) is 1. The highest BCUT2D eigenvalue weighted by molar-refractivity contribution is 5.77. The predicted octanol–water partition coefficient (Wildman–Crippen LogP) is 5.26. The summed E-state index contributed by atoms with van der Waals surface area (Å²) in [5, 5.41) is 14.3. The van der Waals surface area contributed by atoms with Crippen LogP contribution in [-0.2, 0) is 17.6 Å². The van der Waals surface area contributed by atoms with Crippen LogP contribution in [0.4, 0.5) is 5.69 Å². The van der Waals surface area contributed by atoms with Gasteiger partial charge in [-0.3, -0.25) is 19.9 Å². The molecular weight excluding hydrogens is 466 g/mol. The minimum atomic E-state index is -0.415. The Labute approximate surface area is 213 Å². The molecule has 3 heterocycles. The lowest BCUT2D eigenvalue weighted by atomic mass is 10.1. The molecule has 5 aromatic rings. The fourth-order valence-corrected chi connectivity index (χ4v) is 4.33. The van der Waals surface area contributed by atoms with Gasteiger partial charge in [0.25, 0.3) is 5.69 Å². The number of pyridine rings is 2. The molecule has 0 aliphatic rings. The topological polar surface area (TPSA) is 102 Å². The summed E-state index contributed by atoms with van der Waals surface area (Å²) in [5.74, 6) is -0.0740. The SMILES string of the molecule is O=C(CCc1c(-c2cccc([N+](=O)[O-])c2)nc2ccc(-c3ccccc3)cn12)NCCc1ccccn1. The molecule has 1 amide bonds. The number of amides is 1. The highest BCUT2D eigenvalue weighted by Crippen LogP contribution is 2.30. The van der Waals surface area contributed by atoms with Crippen molar-refractivity contribution in [2.45, 2.75) is 19.3 Å². The van der Waals surface area contributed by atoms with E-state index >= 15 is 0 Å². The van der Waals surface area contributed by atoms with Gasteiger partial charge >= 0.3 is 0 Å². The number of fused-ring (bicyclic) bond motifs is 1. The molecule has 0 atom stereocenters. The Bertz CT molecular complexity index is 1550. The minimum Gasteiger partial charge on any atom is -0.356 e. The smallest absolute Gasteiger partial charge is 0.270 e. The Balaban J connectivity index is 1.43. The van der Waals surface area contributed by atoms with E-state index in [0.717, 1.165) is 22.5 Å². The van der Waals surface area contributed by atoms with E-state index in [4.69, 9.17) is 4.98 Å². The van der Waals surface area contributed by atoms with E-state index in [1.165, 1.54) is 12.1 Å². The number of nitro groups is 1. The number of non-ortho nitro benzene ring substituents is 1. The summed E-state index contributed by atoms with van der Waals surface area (Å²) in [6, 6.07) is 26.1. The lowest BCUT2D eigenvalue weighted by Gasteiger charge is -2.09. The molecule has 5 rings (SSSR count). The number of carbonyl (C=O) groups excluding carboxylic acids is 1. The number of rotatable bonds is 9. The molecule has 184 valence electrons. The van der Waals surface area contributed by atoms with Crippen LogP contribution in [0.5, 0.6) is 0 Å². The first-order valence-corrected chi connectivity index (χ1v) is 12.1. The summed E-state index contributed by atoms with van der Waals surface area (Å²) < 4.78 is 1.98. The standard InChI is InChI=1S/C29H25N5O3/c35-28(31-18-16-24-10-4-5-17-30-24)15-13-26-29(22-9-6-11-25(19-22)34(36)37)32-27-14-12-23(20-33(26)27)21-7-2-1-3-8-21/h1-12,14,17,19-20H,13,15-16,18H2,(H,31,35). The molecule has 1 N–H and O–H groups in total. The van der Waals surface area contributed by atoms with E-state index in [0.29, 0.717) is 36.3 Å². The van der Waals surface area contributed by atoms with E-state index in [2.05, 4.69) is 10.3 Å². The number of imidazole rings is 1. The van der Waals surface area contributed by atoms with E-state index < -0.39 is 4.92 Å². The number of carbonyl (C=O) groups is 1. The summed E-state index contributed by atoms with van der Waals surface area (Å²) in [6.45, 7) is 0.499. The van der Waals surface area contributed by atoms with Crippen molar-refractivity contribution in [2.75, 3.05) is 6.54 Å². The van der Waals surface area contributed by atoms with Crippen molar-refractivity contribution in [1.82, 2.24) is 19.7 Å². The van der Waals surface area contributed by atoms with Gasteiger partial charge in [-0.05, 0) is 41.8 Å². The van der Waals surface area contributed by atoms with Crippen LogP contribution in [0.25, 0.3) is 28.0 Å². The molecule has 0 radical (unpaired) electrons. The number of nitrogens with zero attached hydrogens (tertiary/aromatic N) is 4. The van der Waals surface area contributed by atoms with Crippen LogP contribution < -0.4 is 5.32 Å². The number of hydrogen-bond donors (Lipinski definition) is 1. The van der Waals surface area contributed by atoms with E-state index in [9.17, 15) is 14.9 Å². The van der Waals surface area contributed by atoms with Crippen molar-refractivity contribution < 1.29 is 9.72 Å². The lowest BCUT2D eigenvalue weighted by molar-refractivity contribution is -0.384. The van der Waals surface area contributed by atoms with Crippen LogP contribution in [0.1, 0.15) is 17.8 Å². The van der Waals surface area contributed by atoms with E-state index in [-0.39, 0.29) is 18.0 Å². The lowest BCUT2D eigenvalue weighted by Crippen LogP contribution is -2.26. The Morgan fingerprint density at radius 1 is 0.892 bits per heavy atom. The average molecular weight is 492 g/mol. The van der Waals surface area contributed by atoms with Gasteiger partial charge in [0.15, 0.2) is 0 Å². The minimum absolute atomic E-state index is 0.00209. The molecule has 0 aliphatic carbocycles. The van der Waals surface area contributed by atoms with Gasteiger partial charge in [-0.2, -0.15) is 0 Å². The zero-order valence-electron chi connectivity index (χ0n) is 20.1. The van der Waals surface area contributed by atoms with Crippen molar-refractivity contribution in [3.63, 3.8) is 0 Å². The van der Waals surface area contributed by atoms with Crippen LogP contribution in [0.15, 0.2) is 97.3 Å². The van der Waals surface area contributed by atoms with Crippen LogP contribution in [0.2, 0.25) is 0 Å². The van der Waals surface area contributed by atoms with Gasteiger partial charge in [-0.15, -0.1) is 0 Å². The molecule has 0 spiro atoms. The molecule has 0 saturated heterocycles. The highest BCUT2D eigenvalue weighted by Gasteiger charge is 2.18. The largest absolute Gasteiger partial charge is 0.356 e. The number of hydrogen-bond acceptors (Lipinski definition) is 5. The van der Waals surface area contributed by atoms with Gasteiger partial charge in [0.2, 0.25) is 5.91 Å². The normalized spacial score (nSPS) is 10.9. The number of benzene rings is 2. The number of aryl methyl sites for hydroxylation is 1. The third-order valence-electron chi connectivity index (χ3n) is 6.17. The number of aromatic nitrogens is 3. The van der Waals surface area contributed by atoms with Crippen molar-refractivity contribution in [3.8, 4) is 22.4 Å². The average Bonchev–Trinajstić information content (AvgIpc) is 3.31. The van der Waals surface area contributed by atoms with Crippen molar-refractivity contribution in [1.29, 1.82) is 0 Å². The third kappa shape index (κ3) is 5.54. The molecule has 8 nitrogen and oxygen atoms in total. The Morgan fingerprint density at radius 3 is 2.49 bits per heavy atom. The van der Waals surface area contributed by atoms with Crippen molar-refractivity contribution in [3.05, 3.63) is 119 Å². The fourth-order valence-electron chi connectivity index (χ4n) is 4.33. The number of nitro benzene ring substituents is 1. The first kappa shape index (κ1) is 23.9. The molecule has 0 aliphatic heterocycles. The fraction of sp³-hybridized carbons (Fsp3) is 0.138. The van der Waals surface area contributed by atoms with Gasteiger partial charge < -0.3 is 9.72 Å². The molecular formula is C29H25N5O3. The molecule has 0 fully saturated rings. The van der Waals surface area contributed by atoms with E-state index in [1.54, 1.807) is 12.3 Å². The van der Waals surface area contributed by atoms with Gasteiger partial charge in [-0.1, -0.05) is 48.5 Å². The van der Waals surface area contributed by atoms with Crippen molar-refractivity contribution >= 4 is 17.2 Å². The Morgan fingerprint density at radius 2 is 1.70 bits per heavy atom. The molecule has 2 aromatic carbocycles. The summed E-state index contributed by atoms with van der Waals surface area (Å²) >= 11 is 0. The molecule has 37 heavy (non-hydrogen) atoms. The van der Waals surface area contributed by atoms with Crippen LogP contribution in [-0.4, -0.2) is 31.7 Å². The summed E-state index contributed by atoms with van der Waals surface area (Å²) in [7, 11) is 0. The first-order chi connectivity index (χ1) is 18.1. The molecule has 3 aromatic heterocycles. The molecule has 8 heteroatoms. The van der Waals surface area contributed by atoms with Crippen LogP contribution in [0.3, 0.4) is 0 Å². The maximum absolute atomic E-state index is 12.7. The maximum Gasteiger partial charge on any atom is 0.270 e. The Hall–Kier alpha value is -4.85. The first-order valence-electron chi connectivity index (χ1n) is 12.1. The second-order valence-electron chi connectivity index (χ2n) is 8.65. The molecule has 0 saturated carbocycles. The van der Waals surface area contributed by atoms with Crippen LogP contribution >= 0.6 is 0 Å². The van der Waals surface area contributed by atoms with E-state index in [1.807, 2.05) is 77.3 Å². The zero-order chi connectivity index (χ0) is 25.6. The molecule has 0 unspecified atom stereocenters. The second kappa shape index (κ2) is 10.8.